The number of anilines is 3. The van der Waals surface area contributed by atoms with Crippen LogP contribution in [0.15, 0.2) is 73.5 Å². The average molecular weight is 606 g/mol. The SMILES string of the molecule is Cc1cc(Nc2ncnc3cc4c(nc23)N(CCNC(=O)/C=C/CN(C)C)CC2CC2O4)ccc1Oc1ccn2ccnc2c1. The maximum absolute atomic E-state index is 12.3. The second-order valence-corrected chi connectivity index (χ2v) is 11.7. The van der Waals surface area contributed by atoms with E-state index in [1.807, 2.05) is 85.2 Å². The van der Waals surface area contributed by atoms with Gasteiger partial charge in [-0.3, -0.25) is 4.79 Å². The quantitative estimate of drug-likeness (QED) is 0.222. The van der Waals surface area contributed by atoms with E-state index < -0.39 is 0 Å². The van der Waals surface area contributed by atoms with Crippen LogP contribution in [0.4, 0.5) is 17.3 Å². The van der Waals surface area contributed by atoms with E-state index in [1.54, 1.807) is 12.3 Å². The van der Waals surface area contributed by atoms with Crippen LogP contribution in [0.1, 0.15) is 12.0 Å². The van der Waals surface area contributed by atoms with Gasteiger partial charge in [0.1, 0.15) is 35.1 Å². The average Bonchev–Trinajstić information content (AvgIpc) is 3.60. The summed E-state index contributed by atoms with van der Waals surface area (Å²) in [6, 6.07) is 11.7. The van der Waals surface area contributed by atoms with Gasteiger partial charge in [0.15, 0.2) is 17.4 Å². The number of benzene rings is 1. The topological polar surface area (TPSA) is 122 Å². The highest BCUT2D eigenvalue weighted by atomic mass is 16.5. The maximum Gasteiger partial charge on any atom is 0.243 e. The molecule has 1 saturated carbocycles. The third-order valence-electron chi connectivity index (χ3n) is 7.90. The first kappa shape index (κ1) is 28.5. The largest absolute Gasteiger partial charge is 0.486 e. The molecule has 0 radical (unpaired) electrons. The van der Waals surface area contributed by atoms with Crippen molar-refractivity contribution in [3.8, 4) is 17.2 Å². The van der Waals surface area contributed by atoms with Gasteiger partial charge in [0.25, 0.3) is 0 Å². The highest BCUT2D eigenvalue weighted by Crippen LogP contribution is 2.44. The van der Waals surface area contributed by atoms with Gasteiger partial charge in [0.2, 0.25) is 5.91 Å². The molecule has 230 valence electrons. The summed E-state index contributed by atoms with van der Waals surface area (Å²) in [5.41, 5.74) is 3.96. The summed E-state index contributed by atoms with van der Waals surface area (Å²) in [6.07, 6.45) is 11.7. The van der Waals surface area contributed by atoms with Crippen LogP contribution in [0, 0.1) is 12.8 Å². The number of likely N-dealkylation sites (N-methyl/N-ethyl adjacent to an activating group) is 1. The van der Waals surface area contributed by atoms with Gasteiger partial charge >= 0.3 is 0 Å². The number of pyridine rings is 2. The summed E-state index contributed by atoms with van der Waals surface area (Å²) >= 11 is 0. The van der Waals surface area contributed by atoms with Crippen molar-refractivity contribution in [1.82, 2.24) is 34.6 Å². The maximum atomic E-state index is 12.3. The number of hydrogen-bond acceptors (Lipinski definition) is 10. The highest BCUT2D eigenvalue weighted by molar-refractivity contribution is 5.90. The molecular formula is C33H35N9O3. The Labute approximate surface area is 260 Å². The molecular weight excluding hydrogens is 570 g/mol. The molecule has 1 aromatic carbocycles. The lowest BCUT2D eigenvalue weighted by Crippen LogP contribution is -2.36. The number of imidazole rings is 1. The number of nitrogens with one attached hydrogen (secondary N) is 2. The van der Waals surface area contributed by atoms with Gasteiger partial charge in [-0.1, -0.05) is 6.08 Å². The summed E-state index contributed by atoms with van der Waals surface area (Å²) in [6.45, 7) is 4.62. The van der Waals surface area contributed by atoms with Crippen LogP contribution in [-0.2, 0) is 4.79 Å². The molecule has 0 saturated heterocycles. The zero-order valence-electron chi connectivity index (χ0n) is 25.5. The minimum atomic E-state index is -0.107. The van der Waals surface area contributed by atoms with Gasteiger partial charge in [0, 0.05) is 74.6 Å². The molecule has 1 amide bonds. The van der Waals surface area contributed by atoms with Crippen molar-refractivity contribution in [3.63, 3.8) is 0 Å². The normalized spacial score (nSPS) is 17.2. The summed E-state index contributed by atoms with van der Waals surface area (Å²) in [5, 5.41) is 6.42. The van der Waals surface area contributed by atoms with Crippen LogP contribution in [0.2, 0.25) is 0 Å². The van der Waals surface area contributed by atoms with Gasteiger partial charge in [-0.25, -0.2) is 19.9 Å². The number of amides is 1. The number of ether oxygens (including phenoxy) is 2. The van der Waals surface area contributed by atoms with E-state index in [1.165, 1.54) is 6.33 Å². The number of fused-ring (bicyclic) bond motifs is 4. The molecule has 1 aliphatic heterocycles. The Bertz CT molecular complexity index is 1900. The van der Waals surface area contributed by atoms with Gasteiger partial charge < -0.3 is 34.3 Å². The Morgan fingerprint density at radius 1 is 1.16 bits per heavy atom. The first-order valence-corrected chi connectivity index (χ1v) is 15.0. The fourth-order valence-corrected chi connectivity index (χ4v) is 5.45. The van der Waals surface area contributed by atoms with Crippen LogP contribution in [-0.4, -0.2) is 81.5 Å². The molecule has 12 heteroatoms. The van der Waals surface area contributed by atoms with Gasteiger partial charge in [-0.15, -0.1) is 0 Å². The Hall–Kier alpha value is -5.23. The summed E-state index contributed by atoms with van der Waals surface area (Å²) in [7, 11) is 3.93. The minimum absolute atomic E-state index is 0.107. The molecule has 45 heavy (non-hydrogen) atoms. The molecule has 12 nitrogen and oxygen atoms in total. The summed E-state index contributed by atoms with van der Waals surface area (Å²) in [4.78, 5) is 34.9. The second kappa shape index (κ2) is 12.0. The molecule has 5 heterocycles. The van der Waals surface area contributed by atoms with Crippen LogP contribution < -0.4 is 25.0 Å². The molecule has 0 spiro atoms. The number of aromatic nitrogens is 5. The van der Waals surface area contributed by atoms with Gasteiger partial charge in [-0.05, 0) is 57.3 Å². The first-order valence-electron chi connectivity index (χ1n) is 15.0. The van der Waals surface area contributed by atoms with Crippen LogP contribution in [0.25, 0.3) is 16.7 Å². The smallest absolute Gasteiger partial charge is 0.243 e. The van der Waals surface area contributed by atoms with E-state index in [-0.39, 0.29) is 12.0 Å². The Morgan fingerprint density at radius 3 is 2.93 bits per heavy atom. The number of carbonyl (C=O) groups is 1. The summed E-state index contributed by atoms with van der Waals surface area (Å²) < 4.78 is 14.4. The Morgan fingerprint density at radius 2 is 2.07 bits per heavy atom. The number of aryl methyl sites for hydroxylation is 1. The zero-order chi connectivity index (χ0) is 30.9. The van der Waals surface area contributed by atoms with E-state index in [0.29, 0.717) is 53.9 Å². The molecule has 2 aliphatic rings. The Balaban J connectivity index is 1.09. The van der Waals surface area contributed by atoms with Crippen LogP contribution >= 0.6 is 0 Å². The second-order valence-electron chi connectivity index (χ2n) is 11.7. The molecule has 2 N–H and O–H groups in total. The fourth-order valence-electron chi connectivity index (χ4n) is 5.45. The van der Waals surface area contributed by atoms with Gasteiger partial charge in [-0.2, -0.15) is 0 Å². The number of rotatable bonds is 10. The molecule has 7 rings (SSSR count). The minimum Gasteiger partial charge on any atom is -0.486 e. The van der Waals surface area contributed by atoms with Crippen molar-refractivity contribution < 1.29 is 14.3 Å². The lowest BCUT2D eigenvalue weighted by molar-refractivity contribution is -0.116. The molecule has 1 fully saturated rings. The number of hydrogen-bond donors (Lipinski definition) is 2. The first-order chi connectivity index (χ1) is 21.9. The molecule has 5 aromatic rings. The third-order valence-corrected chi connectivity index (χ3v) is 7.90. The molecule has 4 aromatic heterocycles. The number of carbonyl (C=O) groups excluding carboxylic acids is 1. The van der Waals surface area contributed by atoms with Crippen molar-refractivity contribution in [2.75, 3.05) is 50.5 Å². The van der Waals surface area contributed by atoms with E-state index in [9.17, 15) is 4.79 Å². The predicted molar refractivity (Wildman–Crippen MR) is 173 cm³/mol. The van der Waals surface area contributed by atoms with E-state index >= 15 is 0 Å². The number of nitrogens with zero attached hydrogens (tertiary/aromatic N) is 7. The van der Waals surface area contributed by atoms with Crippen LogP contribution in [0.5, 0.6) is 17.2 Å². The van der Waals surface area contributed by atoms with E-state index in [2.05, 4.69) is 30.5 Å². The molecule has 2 unspecified atom stereocenters. The lowest BCUT2D eigenvalue weighted by Gasteiger charge is -2.24. The third kappa shape index (κ3) is 6.36. The van der Waals surface area contributed by atoms with Crippen molar-refractivity contribution in [2.24, 2.45) is 5.92 Å². The van der Waals surface area contributed by atoms with Crippen molar-refractivity contribution in [3.05, 3.63) is 79.0 Å². The van der Waals surface area contributed by atoms with E-state index in [4.69, 9.17) is 14.5 Å². The standard InChI is InChI=1S/C33H35N9O3/c1-21-15-23(6-7-26(21)44-24-8-12-41-13-9-34-29(41)17-24)38-32-31-25(36-20-37-32)18-28-33(39-31)42(19-22-16-27(22)45-28)14-10-35-30(43)5-4-11-40(2)3/h4-9,12-13,15,17-18,20,22,27H,10-11,14,16,19H2,1-3H3,(H,35,43)(H,36,37,38)/b5-4+. The zero-order valence-corrected chi connectivity index (χ0v) is 25.5. The van der Waals surface area contributed by atoms with Crippen LogP contribution in [0.3, 0.4) is 0 Å². The van der Waals surface area contributed by atoms with Crippen molar-refractivity contribution in [2.45, 2.75) is 19.4 Å². The lowest BCUT2D eigenvalue weighted by atomic mass is 10.2. The monoisotopic (exact) mass is 605 g/mol. The molecule has 1 aliphatic carbocycles. The fraction of sp³-hybridized carbons (Fsp3) is 0.303. The van der Waals surface area contributed by atoms with Crippen molar-refractivity contribution in [1.29, 1.82) is 0 Å². The molecule has 0 bridgehead atoms. The van der Waals surface area contributed by atoms with E-state index in [0.717, 1.165) is 41.4 Å². The Kier molecular flexibility index (Phi) is 7.64. The summed E-state index contributed by atoms with van der Waals surface area (Å²) in [5.74, 6) is 3.83. The van der Waals surface area contributed by atoms with Gasteiger partial charge in [0.05, 0.1) is 5.52 Å². The highest BCUT2D eigenvalue weighted by Gasteiger charge is 2.44. The molecule has 2 atom stereocenters. The van der Waals surface area contributed by atoms with Crippen molar-refractivity contribution >= 4 is 39.9 Å². The predicted octanol–water partition coefficient (Wildman–Crippen LogP) is 4.34.